The van der Waals surface area contributed by atoms with Crippen molar-refractivity contribution in [3.05, 3.63) is 33.9 Å². The number of hydrogen-bond donors (Lipinski definition) is 1. The number of aromatic nitrogens is 1. The van der Waals surface area contributed by atoms with E-state index >= 15 is 0 Å². The molecule has 5 heteroatoms. The number of ketones is 1. The Balaban J connectivity index is 2.49. The van der Waals surface area contributed by atoms with Crippen LogP contribution < -0.4 is 0 Å². The molecule has 4 nitrogen and oxygen atoms in total. The second-order valence-electron chi connectivity index (χ2n) is 3.86. The molecule has 0 atom stereocenters. The minimum Gasteiger partial charge on any atom is -0.460 e. The van der Waals surface area contributed by atoms with Crippen molar-refractivity contribution in [2.24, 2.45) is 0 Å². The number of hydrogen-bond acceptors (Lipinski definition) is 3. The highest BCUT2D eigenvalue weighted by Crippen LogP contribution is 2.25. The first-order valence-electron chi connectivity index (χ1n) is 5.54. The molecule has 0 saturated carbocycles. The summed E-state index contributed by atoms with van der Waals surface area (Å²) in [5.74, 6) is -1.46. The fourth-order valence-corrected chi connectivity index (χ4v) is 2.20. The maximum absolute atomic E-state index is 11.9. The monoisotopic (exact) mass is 309 g/mol. The molecule has 1 aromatic carbocycles. The van der Waals surface area contributed by atoms with Gasteiger partial charge in [0, 0.05) is 15.4 Å². The molecule has 0 bridgehead atoms. The van der Waals surface area contributed by atoms with E-state index < -0.39 is 11.8 Å². The van der Waals surface area contributed by atoms with Crippen LogP contribution in [0.15, 0.2) is 22.7 Å². The van der Waals surface area contributed by atoms with Crippen LogP contribution in [0, 0.1) is 6.92 Å². The van der Waals surface area contributed by atoms with E-state index in [0.717, 1.165) is 20.9 Å². The topological polar surface area (TPSA) is 59.2 Å². The van der Waals surface area contributed by atoms with E-state index in [0.29, 0.717) is 5.69 Å². The molecule has 0 saturated heterocycles. The molecule has 0 aliphatic carbocycles. The zero-order valence-corrected chi connectivity index (χ0v) is 11.6. The molecule has 0 amide bonds. The number of ether oxygens (including phenoxy) is 1. The molecular weight excluding hydrogens is 298 g/mol. The summed E-state index contributed by atoms with van der Waals surface area (Å²) in [6.07, 6.45) is 0. The highest BCUT2D eigenvalue weighted by atomic mass is 79.9. The lowest BCUT2D eigenvalue weighted by molar-refractivity contribution is -0.137. The van der Waals surface area contributed by atoms with Crippen molar-refractivity contribution in [1.82, 2.24) is 4.98 Å². The van der Waals surface area contributed by atoms with E-state index in [1.807, 2.05) is 18.2 Å². The van der Waals surface area contributed by atoms with Gasteiger partial charge in [0.25, 0.3) is 5.78 Å². The first kappa shape index (κ1) is 12.8. The van der Waals surface area contributed by atoms with Gasteiger partial charge in [-0.3, -0.25) is 4.79 Å². The molecule has 0 spiro atoms. The lowest BCUT2D eigenvalue weighted by Gasteiger charge is -1.99. The fourth-order valence-electron chi connectivity index (χ4n) is 1.84. The van der Waals surface area contributed by atoms with Crippen LogP contribution in [-0.4, -0.2) is 23.3 Å². The Hall–Kier alpha value is -1.62. The van der Waals surface area contributed by atoms with Gasteiger partial charge in [0.2, 0.25) is 0 Å². The van der Waals surface area contributed by atoms with Crippen LogP contribution in [0.2, 0.25) is 0 Å². The van der Waals surface area contributed by atoms with Crippen LogP contribution >= 0.6 is 15.9 Å². The molecular formula is C13H12BrNO3. The molecule has 1 heterocycles. The molecule has 18 heavy (non-hydrogen) atoms. The molecule has 0 aliphatic heterocycles. The van der Waals surface area contributed by atoms with Gasteiger partial charge in [-0.2, -0.15) is 0 Å². The van der Waals surface area contributed by atoms with E-state index in [1.165, 1.54) is 0 Å². The maximum atomic E-state index is 11.9. The van der Waals surface area contributed by atoms with Crippen molar-refractivity contribution < 1.29 is 14.3 Å². The number of esters is 1. The van der Waals surface area contributed by atoms with Crippen LogP contribution in [-0.2, 0) is 9.53 Å². The SMILES string of the molecule is CCOC(=O)C(=O)c1[nH]c2cc(Br)ccc2c1C. The summed E-state index contributed by atoms with van der Waals surface area (Å²) in [6, 6.07) is 5.65. The third kappa shape index (κ3) is 2.18. The third-order valence-corrected chi connectivity index (χ3v) is 3.20. The standard InChI is InChI=1S/C13H12BrNO3/c1-3-18-13(17)12(16)11-7(2)9-5-4-8(14)6-10(9)15-11/h4-6,15H,3H2,1-2H3. The number of carbonyl (C=O) groups is 2. The molecule has 1 aromatic heterocycles. The Morgan fingerprint density at radius 1 is 1.39 bits per heavy atom. The van der Waals surface area contributed by atoms with Crippen molar-refractivity contribution in [1.29, 1.82) is 0 Å². The fraction of sp³-hybridized carbons (Fsp3) is 0.231. The Morgan fingerprint density at radius 2 is 2.11 bits per heavy atom. The normalized spacial score (nSPS) is 10.6. The number of Topliss-reactive ketones (excluding diaryl/α,β-unsaturated/α-hetero) is 1. The van der Waals surface area contributed by atoms with Crippen LogP contribution in [0.1, 0.15) is 23.0 Å². The van der Waals surface area contributed by atoms with Crippen LogP contribution in [0.25, 0.3) is 10.9 Å². The van der Waals surface area contributed by atoms with E-state index in [1.54, 1.807) is 13.8 Å². The molecule has 0 aliphatic rings. The largest absolute Gasteiger partial charge is 0.460 e. The Bertz CT molecular complexity index is 630. The summed E-state index contributed by atoms with van der Waals surface area (Å²) in [4.78, 5) is 26.3. The number of nitrogens with one attached hydrogen (secondary N) is 1. The number of benzene rings is 1. The minimum absolute atomic E-state index is 0.190. The van der Waals surface area contributed by atoms with Crippen LogP contribution in [0.5, 0.6) is 0 Å². The highest BCUT2D eigenvalue weighted by molar-refractivity contribution is 9.10. The maximum Gasteiger partial charge on any atom is 0.381 e. The molecule has 0 unspecified atom stereocenters. The van der Waals surface area contributed by atoms with Crippen LogP contribution in [0.4, 0.5) is 0 Å². The van der Waals surface area contributed by atoms with Gasteiger partial charge in [0.1, 0.15) is 0 Å². The first-order valence-corrected chi connectivity index (χ1v) is 6.33. The van der Waals surface area contributed by atoms with Gasteiger partial charge in [-0.25, -0.2) is 4.79 Å². The Labute approximate surface area is 112 Å². The zero-order valence-electron chi connectivity index (χ0n) is 10.0. The summed E-state index contributed by atoms with van der Waals surface area (Å²) < 4.78 is 5.62. The van der Waals surface area contributed by atoms with E-state index in [4.69, 9.17) is 4.74 Å². The second kappa shape index (κ2) is 4.94. The van der Waals surface area contributed by atoms with Gasteiger partial charge in [-0.1, -0.05) is 22.0 Å². The summed E-state index contributed by atoms with van der Waals surface area (Å²) >= 11 is 3.36. The van der Waals surface area contributed by atoms with Gasteiger partial charge >= 0.3 is 5.97 Å². The predicted molar refractivity (Wildman–Crippen MR) is 71.7 cm³/mol. The number of halogens is 1. The predicted octanol–water partition coefficient (Wildman–Crippen LogP) is 2.98. The third-order valence-electron chi connectivity index (χ3n) is 2.71. The summed E-state index contributed by atoms with van der Waals surface area (Å²) in [7, 11) is 0. The Morgan fingerprint density at radius 3 is 2.78 bits per heavy atom. The van der Waals surface area contributed by atoms with E-state index in [9.17, 15) is 9.59 Å². The first-order chi connectivity index (χ1) is 8.54. The number of fused-ring (bicyclic) bond motifs is 1. The van der Waals surface area contributed by atoms with Gasteiger partial charge in [0.15, 0.2) is 0 Å². The molecule has 0 fully saturated rings. The number of aryl methyl sites for hydroxylation is 1. The Kier molecular flexibility index (Phi) is 3.52. The van der Waals surface area contributed by atoms with Gasteiger partial charge in [0.05, 0.1) is 12.3 Å². The average molecular weight is 310 g/mol. The average Bonchev–Trinajstić information content (AvgIpc) is 2.65. The minimum atomic E-state index is -0.828. The summed E-state index contributed by atoms with van der Waals surface area (Å²) in [6.45, 7) is 3.66. The van der Waals surface area contributed by atoms with E-state index in [2.05, 4.69) is 20.9 Å². The van der Waals surface area contributed by atoms with Crippen molar-refractivity contribution >= 4 is 38.6 Å². The van der Waals surface area contributed by atoms with Gasteiger partial charge in [-0.15, -0.1) is 0 Å². The quantitative estimate of drug-likeness (QED) is 0.538. The van der Waals surface area contributed by atoms with Crippen molar-refractivity contribution in [3.8, 4) is 0 Å². The molecule has 0 radical (unpaired) electrons. The lowest BCUT2D eigenvalue weighted by Crippen LogP contribution is -2.18. The van der Waals surface area contributed by atoms with Gasteiger partial charge < -0.3 is 9.72 Å². The molecule has 2 rings (SSSR count). The number of carbonyl (C=O) groups excluding carboxylic acids is 2. The zero-order chi connectivity index (χ0) is 13.3. The van der Waals surface area contributed by atoms with Gasteiger partial charge in [-0.05, 0) is 31.5 Å². The molecule has 94 valence electrons. The number of rotatable bonds is 3. The summed E-state index contributed by atoms with van der Waals surface area (Å²) in [5.41, 5.74) is 1.87. The van der Waals surface area contributed by atoms with Crippen molar-refractivity contribution in [2.75, 3.05) is 6.61 Å². The van der Waals surface area contributed by atoms with Crippen LogP contribution in [0.3, 0.4) is 0 Å². The van der Waals surface area contributed by atoms with E-state index in [-0.39, 0.29) is 6.61 Å². The highest BCUT2D eigenvalue weighted by Gasteiger charge is 2.22. The lowest BCUT2D eigenvalue weighted by atomic mass is 10.1. The number of aromatic amines is 1. The van der Waals surface area contributed by atoms with Crippen molar-refractivity contribution in [2.45, 2.75) is 13.8 Å². The molecule has 1 N–H and O–H groups in total. The second-order valence-corrected chi connectivity index (χ2v) is 4.78. The smallest absolute Gasteiger partial charge is 0.381 e. The number of H-pyrrole nitrogens is 1. The van der Waals surface area contributed by atoms with Crippen molar-refractivity contribution in [3.63, 3.8) is 0 Å². The molecule has 2 aromatic rings. The summed E-state index contributed by atoms with van der Waals surface area (Å²) in [5, 5.41) is 0.922.